The van der Waals surface area contributed by atoms with Gasteiger partial charge in [-0.25, -0.2) is 4.57 Å². The summed E-state index contributed by atoms with van der Waals surface area (Å²) in [5, 5.41) is 9.77. The molecule has 0 aliphatic heterocycles. The zero-order valence-corrected chi connectivity index (χ0v) is 44.6. The molecule has 0 saturated carbocycles. The van der Waals surface area contributed by atoms with Gasteiger partial charge in [-0.3, -0.25) is 23.4 Å². The van der Waals surface area contributed by atoms with Crippen molar-refractivity contribution >= 4 is 25.7 Å². The lowest BCUT2D eigenvalue weighted by molar-refractivity contribution is -0.161. The number of hydrogen-bond donors (Lipinski definition) is 2. The molecule has 0 amide bonds. The molecule has 0 bridgehead atoms. The van der Waals surface area contributed by atoms with Gasteiger partial charge in [-0.15, -0.1) is 0 Å². The van der Waals surface area contributed by atoms with E-state index in [-0.39, 0.29) is 25.9 Å². The van der Waals surface area contributed by atoms with Crippen LogP contribution in [0.1, 0.15) is 201 Å². The molecule has 0 rings (SSSR count). The molecule has 0 aliphatic carbocycles. The van der Waals surface area contributed by atoms with Crippen molar-refractivity contribution in [3.8, 4) is 0 Å². The zero-order valence-electron chi connectivity index (χ0n) is 43.7. The first-order chi connectivity index (χ1) is 34.2. The maximum atomic E-state index is 12.9. The Morgan fingerprint density at radius 1 is 0.414 bits per heavy atom. The average Bonchev–Trinajstić information content (AvgIpc) is 3.35. The van der Waals surface area contributed by atoms with E-state index >= 15 is 0 Å². The fourth-order valence-electron chi connectivity index (χ4n) is 6.68. The van der Waals surface area contributed by atoms with Gasteiger partial charge >= 0.3 is 25.7 Å². The second kappa shape index (κ2) is 51.5. The molecule has 0 saturated heterocycles. The van der Waals surface area contributed by atoms with Crippen molar-refractivity contribution < 1.29 is 52.2 Å². The predicted molar refractivity (Wildman–Crippen MR) is 288 cm³/mol. The first-order valence-electron chi connectivity index (χ1n) is 26.8. The molecular weight excluding hydrogens is 904 g/mol. The Morgan fingerprint density at radius 3 is 1.20 bits per heavy atom. The largest absolute Gasteiger partial charge is 0.472 e. The van der Waals surface area contributed by atoms with Crippen LogP contribution < -0.4 is 0 Å². The van der Waals surface area contributed by atoms with E-state index in [4.69, 9.17) is 23.3 Å². The van der Waals surface area contributed by atoms with Crippen LogP contribution in [0.25, 0.3) is 0 Å². The summed E-state index contributed by atoms with van der Waals surface area (Å²) in [6, 6.07) is 0. The topological polar surface area (TPSA) is 155 Å². The fraction of sp³-hybridized carbons (Fsp3) is 0.638. The van der Waals surface area contributed by atoms with Gasteiger partial charge in [0.15, 0.2) is 6.10 Å². The Labute approximate surface area is 425 Å². The van der Waals surface area contributed by atoms with Crippen LogP contribution in [0.4, 0.5) is 0 Å². The number of aliphatic hydroxyl groups is 1. The van der Waals surface area contributed by atoms with E-state index in [0.717, 1.165) is 89.9 Å². The number of ether oxygens (including phenoxy) is 3. The molecule has 0 spiro atoms. The van der Waals surface area contributed by atoms with Gasteiger partial charge in [0, 0.05) is 19.3 Å². The SMILES string of the molecule is CC/C=C\C/C=C\C/C=C\C/C=C\C/C=C\CCCC(=O)OC(COC(=O)CCCC/C=C\C/C=C\C/C=C\C/C=C\CC)COP(=O)(O)OCC(CO)OC(=O)CCCCCCCCCCCCC. The molecule has 0 aromatic heterocycles. The summed E-state index contributed by atoms with van der Waals surface area (Å²) in [6.07, 6.45) is 60.7. The number of esters is 3. The second-order valence-electron chi connectivity index (χ2n) is 17.3. The van der Waals surface area contributed by atoms with Gasteiger partial charge in [-0.05, 0) is 96.3 Å². The van der Waals surface area contributed by atoms with Crippen molar-refractivity contribution in [2.24, 2.45) is 0 Å². The molecule has 0 aromatic carbocycles. The summed E-state index contributed by atoms with van der Waals surface area (Å²) in [5.41, 5.74) is 0. The van der Waals surface area contributed by atoms with Crippen LogP contribution in [0.2, 0.25) is 0 Å². The Kier molecular flexibility index (Phi) is 48.7. The van der Waals surface area contributed by atoms with E-state index in [9.17, 15) is 28.9 Å². The van der Waals surface area contributed by atoms with Gasteiger partial charge in [0.25, 0.3) is 0 Å². The molecule has 0 radical (unpaired) electrons. The minimum atomic E-state index is -4.77. The zero-order chi connectivity index (χ0) is 51.3. The molecular formula is C58H95O11P. The predicted octanol–water partition coefficient (Wildman–Crippen LogP) is 15.5. The molecule has 0 aromatic rings. The van der Waals surface area contributed by atoms with Crippen LogP contribution in [0, 0.1) is 0 Å². The minimum Gasteiger partial charge on any atom is -0.462 e. The first-order valence-corrected chi connectivity index (χ1v) is 28.3. The molecule has 0 heterocycles. The van der Waals surface area contributed by atoms with Gasteiger partial charge < -0.3 is 24.2 Å². The summed E-state index contributed by atoms with van der Waals surface area (Å²) in [4.78, 5) is 48.3. The Hall–Kier alpha value is -3.86. The molecule has 3 unspecified atom stereocenters. The highest BCUT2D eigenvalue weighted by atomic mass is 31.2. The Morgan fingerprint density at radius 2 is 0.757 bits per heavy atom. The lowest BCUT2D eigenvalue weighted by atomic mass is 10.1. The summed E-state index contributed by atoms with van der Waals surface area (Å²) in [7, 11) is -4.77. The highest BCUT2D eigenvalue weighted by Gasteiger charge is 2.28. The standard InChI is InChI=1S/C58H95O11P/c1-4-7-10-13-16-19-22-24-26-27-29-31-34-37-40-43-46-49-58(62)69-55(51-65-56(60)47-44-41-38-35-33-30-28-25-23-20-17-14-11-8-5-2)53-67-70(63,64)66-52-54(50-59)68-57(61)48-45-42-39-36-32-21-18-15-12-9-6-3/h7-8,10-11,16-17,19-20,24-26,28-29,31,33,35,37,40,54-55,59H,4-6,9,12-15,18,21-23,27,30,32,34,36,38-39,41-53H2,1-3H3,(H,63,64)/b10-7-,11-8-,19-16-,20-17-,26-24-,28-25-,31-29-,35-33-,40-37-. The highest BCUT2D eigenvalue weighted by Crippen LogP contribution is 2.43. The third-order valence-corrected chi connectivity index (χ3v) is 11.6. The highest BCUT2D eigenvalue weighted by molar-refractivity contribution is 7.47. The van der Waals surface area contributed by atoms with Crippen LogP contribution in [0.5, 0.6) is 0 Å². The molecule has 70 heavy (non-hydrogen) atoms. The van der Waals surface area contributed by atoms with Crippen LogP contribution in [-0.2, 0) is 42.2 Å². The summed E-state index contributed by atoms with van der Waals surface area (Å²) >= 11 is 0. The molecule has 0 aliphatic rings. The van der Waals surface area contributed by atoms with E-state index in [1.54, 1.807) is 0 Å². The van der Waals surface area contributed by atoms with Crippen LogP contribution in [0.3, 0.4) is 0 Å². The van der Waals surface area contributed by atoms with E-state index in [2.05, 4.69) is 118 Å². The number of aliphatic hydroxyl groups excluding tert-OH is 1. The van der Waals surface area contributed by atoms with Crippen molar-refractivity contribution in [3.63, 3.8) is 0 Å². The number of carbonyl (C=O) groups excluding carboxylic acids is 3. The second-order valence-corrected chi connectivity index (χ2v) is 18.7. The monoisotopic (exact) mass is 999 g/mol. The van der Waals surface area contributed by atoms with Crippen molar-refractivity contribution in [3.05, 3.63) is 109 Å². The maximum Gasteiger partial charge on any atom is 0.472 e. The maximum absolute atomic E-state index is 12.9. The van der Waals surface area contributed by atoms with Crippen molar-refractivity contribution in [2.45, 2.75) is 213 Å². The summed E-state index contributed by atoms with van der Waals surface area (Å²) in [5.74, 6) is -1.60. The number of unbranched alkanes of at least 4 members (excludes halogenated alkanes) is 13. The molecule has 0 fully saturated rings. The van der Waals surface area contributed by atoms with Gasteiger partial charge in [-0.1, -0.05) is 194 Å². The van der Waals surface area contributed by atoms with E-state index < -0.39 is 57.8 Å². The van der Waals surface area contributed by atoms with Gasteiger partial charge in [0.1, 0.15) is 12.7 Å². The molecule has 12 heteroatoms. The number of allylic oxidation sites excluding steroid dienone is 18. The van der Waals surface area contributed by atoms with Gasteiger partial charge in [-0.2, -0.15) is 0 Å². The van der Waals surface area contributed by atoms with E-state index in [0.29, 0.717) is 25.7 Å². The van der Waals surface area contributed by atoms with Gasteiger partial charge in [0.05, 0.1) is 19.8 Å². The van der Waals surface area contributed by atoms with Crippen LogP contribution in [0.15, 0.2) is 109 Å². The van der Waals surface area contributed by atoms with Crippen molar-refractivity contribution in [2.75, 3.05) is 26.4 Å². The lowest BCUT2D eigenvalue weighted by Gasteiger charge is -2.21. The average molecular weight is 999 g/mol. The molecule has 398 valence electrons. The quantitative estimate of drug-likeness (QED) is 0.0197. The molecule has 3 atom stereocenters. The van der Waals surface area contributed by atoms with Crippen LogP contribution >= 0.6 is 7.82 Å². The number of hydrogen-bond acceptors (Lipinski definition) is 10. The molecule has 11 nitrogen and oxygen atoms in total. The normalized spacial score (nSPS) is 14.3. The molecule has 2 N–H and O–H groups in total. The fourth-order valence-corrected chi connectivity index (χ4v) is 7.46. The third kappa shape index (κ3) is 49.1. The minimum absolute atomic E-state index is 0.0755. The number of carbonyl (C=O) groups is 3. The van der Waals surface area contributed by atoms with Crippen molar-refractivity contribution in [1.82, 2.24) is 0 Å². The van der Waals surface area contributed by atoms with E-state index in [1.165, 1.54) is 44.9 Å². The number of rotatable bonds is 48. The first kappa shape index (κ1) is 66.1. The smallest absolute Gasteiger partial charge is 0.462 e. The number of phosphoric acid groups is 1. The van der Waals surface area contributed by atoms with E-state index in [1.807, 2.05) is 12.2 Å². The Balaban J connectivity index is 4.91. The van der Waals surface area contributed by atoms with Crippen LogP contribution in [-0.4, -0.2) is 66.5 Å². The Bertz CT molecular complexity index is 1590. The number of phosphoric ester groups is 1. The third-order valence-electron chi connectivity index (χ3n) is 10.7. The summed E-state index contributed by atoms with van der Waals surface area (Å²) in [6.45, 7) is 4.27. The van der Waals surface area contributed by atoms with Crippen molar-refractivity contribution in [1.29, 1.82) is 0 Å². The lowest BCUT2D eigenvalue weighted by Crippen LogP contribution is -2.30. The summed E-state index contributed by atoms with van der Waals surface area (Å²) < 4.78 is 39.3. The van der Waals surface area contributed by atoms with Gasteiger partial charge in [0.2, 0.25) is 0 Å².